The van der Waals surface area contributed by atoms with E-state index in [2.05, 4.69) is 5.32 Å². The smallest absolute Gasteiger partial charge is 0.407 e. The van der Waals surface area contributed by atoms with Crippen LogP contribution in [0.1, 0.15) is 18.6 Å². The summed E-state index contributed by atoms with van der Waals surface area (Å²) < 4.78 is 10.4. The fourth-order valence-electron chi connectivity index (χ4n) is 1.81. The van der Waals surface area contributed by atoms with E-state index in [4.69, 9.17) is 9.47 Å². The topological polar surface area (TPSA) is 111 Å². The van der Waals surface area contributed by atoms with E-state index in [1.807, 2.05) is 0 Å². The molecule has 2 N–H and O–H groups in total. The van der Waals surface area contributed by atoms with E-state index in [1.165, 1.54) is 25.1 Å². The van der Waals surface area contributed by atoms with E-state index in [-0.39, 0.29) is 12.3 Å². The van der Waals surface area contributed by atoms with Crippen LogP contribution in [-0.4, -0.2) is 35.4 Å². The number of aliphatic hydroxyl groups excluding tert-OH is 1. The maximum atomic E-state index is 10.9. The SMILES string of the molecule is CC(O)c1cc([N+](=O)[O-])ccc1OCC1CNC(=O)O1. The molecule has 1 aliphatic rings. The van der Waals surface area contributed by atoms with Gasteiger partial charge in [0.1, 0.15) is 12.4 Å². The highest BCUT2D eigenvalue weighted by molar-refractivity contribution is 5.69. The second kappa shape index (κ2) is 5.74. The summed E-state index contributed by atoms with van der Waals surface area (Å²) >= 11 is 0. The zero-order valence-corrected chi connectivity index (χ0v) is 10.7. The predicted octanol–water partition coefficient (Wildman–Crippen LogP) is 1.14. The first kappa shape index (κ1) is 14.1. The number of nitro groups is 1. The summed E-state index contributed by atoms with van der Waals surface area (Å²) in [4.78, 5) is 21.0. The van der Waals surface area contributed by atoms with Gasteiger partial charge in [0.2, 0.25) is 0 Å². The first-order valence-electron chi connectivity index (χ1n) is 6.01. The van der Waals surface area contributed by atoms with Crippen LogP contribution in [0.2, 0.25) is 0 Å². The van der Waals surface area contributed by atoms with Crippen LogP contribution in [0.5, 0.6) is 5.75 Å². The van der Waals surface area contributed by atoms with Crippen LogP contribution < -0.4 is 10.1 Å². The van der Waals surface area contributed by atoms with E-state index < -0.39 is 23.2 Å². The molecular weight excluding hydrogens is 268 g/mol. The number of cyclic esters (lactones) is 1. The van der Waals surface area contributed by atoms with Crippen molar-refractivity contribution in [2.75, 3.05) is 13.2 Å². The van der Waals surface area contributed by atoms with Crippen molar-refractivity contribution in [3.63, 3.8) is 0 Å². The summed E-state index contributed by atoms with van der Waals surface area (Å²) in [6.45, 7) is 1.94. The molecule has 2 unspecified atom stereocenters. The Labute approximate surface area is 114 Å². The molecule has 8 heteroatoms. The van der Waals surface area contributed by atoms with Crippen molar-refractivity contribution in [2.45, 2.75) is 19.1 Å². The molecule has 8 nitrogen and oxygen atoms in total. The highest BCUT2D eigenvalue weighted by Crippen LogP contribution is 2.29. The number of carbonyl (C=O) groups is 1. The molecule has 1 heterocycles. The monoisotopic (exact) mass is 282 g/mol. The average molecular weight is 282 g/mol. The third-order valence-corrected chi connectivity index (χ3v) is 2.83. The molecule has 20 heavy (non-hydrogen) atoms. The van der Waals surface area contributed by atoms with Crippen molar-refractivity contribution < 1.29 is 24.3 Å². The number of carbonyl (C=O) groups excluding carboxylic acids is 1. The Hall–Kier alpha value is -2.35. The van der Waals surface area contributed by atoms with Crippen LogP contribution in [-0.2, 0) is 4.74 Å². The second-order valence-electron chi connectivity index (χ2n) is 4.37. The van der Waals surface area contributed by atoms with Gasteiger partial charge in [-0.15, -0.1) is 0 Å². The maximum absolute atomic E-state index is 10.9. The summed E-state index contributed by atoms with van der Waals surface area (Å²) in [5, 5.41) is 22.8. The van der Waals surface area contributed by atoms with Crippen LogP contribution in [0.4, 0.5) is 10.5 Å². The molecule has 108 valence electrons. The van der Waals surface area contributed by atoms with Crippen molar-refractivity contribution in [2.24, 2.45) is 0 Å². The van der Waals surface area contributed by atoms with Gasteiger partial charge in [0, 0.05) is 17.7 Å². The first-order chi connectivity index (χ1) is 9.47. The number of nitro benzene ring substituents is 1. The lowest BCUT2D eigenvalue weighted by molar-refractivity contribution is -0.385. The second-order valence-corrected chi connectivity index (χ2v) is 4.37. The molecule has 0 aromatic heterocycles. The molecular formula is C12H14N2O6. The lowest BCUT2D eigenvalue weighted by atomic mass is 10.1. The van der Waals surface area contributed by atoms with Gasteiger partial charge in [-0.25, -0.2) is 4.79 Å². The Morgan fingerprint density at radius 3 is 2.95 bits per heavy atom. The standard InChI is InChI=1S/C12H14N2O6/c1-7(15)10-4-8(14(17)18)2-3-11(10)19-6-9-5-13-12(16)20-9/h2-4,7,9,15H,5-6H2,1H3,(H,13,16). The molecule has 2 atom stereocenters. The Morgan fingerprint density at radius 1 is 1.65 bits per heavy atom. The van der Waals surface area contributed by atoms with E-state index in [0.29, 0.717) is 17.9 Å². The fourth-order valence-corrected chi connectivity index (χ4v) is 1.81. The average Bonchev–Trinajstić information content (AvgIpc) is 2.81. The number of rotatable bonds is 5. The number of ether oxygens (including phenoxy) is 2. The summed E-state index contributed by atoms with van der Waals surface area (Å²) in [5.41, 5.74) is 0.193. The van der Waals surface area contributed by atoms with Gasteiger partial charge in [-0.1, -0.05) is 0 Å². The van der Waals surface area contributed by atoms with Gasteiger partial charge < -0.3 is 19.9 Å². The quantitative estimate of drug-likeness (QED) is 0.618. The summed E-state index contributed by atoms with van der Waals surface area (Å²) in [7, 11) is 0. The van der Waals surface area contributed by atoms with Crippen molar-refractivity contribution in [3.05, 3.63) is 33.9 Å². The number of nitrogens with zero attached hydrogens (tertiary/aromatic N) is 1. The van der Waals surface area contributed by atoms with E-state index in [0.717, 1.165) is 0 Å². The molecule has 1 aliphatic heterocycles. The Morgan fingerprint density at radius 2 is 2.40 bits per heavy atom. The van der Waals surface area contributed by atoms with Crippen LogP contribution in [0.25, 0.3) is 0 Å². The largest absolute Gasteiger partial charge is 0.489 e. The van der Waals surface area contributed by atoms with Gasteiger partial charge >= 0.3 is 6.09 Å². The first-order valence-corrected chi connectivity index (χ1v) is 6.01. The lowest BCUT2D eigenvalue weighted by Gasteiger charge is -2.15. The number of nitrogens with one attached hydrogen (secondary N) is 1. The Kier molecular flexibility index (Phi) is 4.04. The van der Waals surface area contributed by atoms with E-state index in [1.54, 1.807) is 0 Å². The van der Waals surface area contributed by atoms with Crippen LogP contribution in [0.3, 0.4) is 0 Å². The minimum atomic E-state index is -0.908. The van der Waals surface area contributed by atoms with E-state index in [9.17, 15) is 20.0 Å². The maximum Gasteiger partial charge on any atom is 0.407 e. The van der Waals surface area contributed by atoms with Gasteiger partial charge in [-0.2, -0.15) is 0 Å². The number of benzene rings is 1. The molecule has 1 saturated heterocycles. The third kappa shape index (κ3) is 3.15. The van der Waals surface area contributed by atoms with Gasteiger partial charge in [0.15, 0.2) is 6.10 Å². The highest BCUT2D eigenvalue weighted by atomic mass is 16.6. The Bertz CT molecular complexity index is 531. The normalized spacial score (nSPS) is 19.1. The Balaban J connectivity index is 2.10. The van der Waals surface area contributed by atoms with Crippen molar-refractivity contribution >= 4 is 11.8 Å². The number of alkyl carbamates (subject to hydrolysis) is 1. The minimum Gasteiger partial charge on any atom is -0.489 e. The van der Waals surface area contributed by atoms with Crippen LogP contribution in [0, 0.1) is 10.1 Å². The summed E-state index contributed by atoms with van der Waals surface area (Å²) in [6.07, 6.45) is -1.83. The molecule has 0 radical (unpaired) electrons. The third-order valence-electron chi connectivity index (χ3n) is 2.83. The molecule has 1 fully saturated rings. The zero-order valence-electron chi connectivity index (χ0n) is 10.7. The van der Waals surface area contributed by atoms with Gasteiger partial charge in [-0.05, 0) is 13.0 Å². The number of aliphatic hydroxyl groups is 1. The molecule has 0 spiro atoms. The van der Waals surface area contributed by atoms with Crippen LogP contribution >= 0.6 is 0 Å². The van der Waals surface area contributed by atoms with Crippen molar-refractivity contribution in [1.29, 1.82) is 0 Å². The number of amides is 1. The molecule has 0 saturated carbocycles. The minimum absolute atomic E-state index is 0.107. The number of hydrogen-bond acceptors (Lipinski definition) is 6. The number of non-ortho nitro benzene ring substituents is 1. The number of hydrogen-bond donors (Lipinski definition) is 2. The molecule has 0 bridgehead atoms. The van der Waals surface area contributed by atoms with Crippen molar-refractivity contribution in [3.8, 4) is 5.75 Å². The van der Waals surface area contributed by atoms with Crippen molar-refractivity contribution in [1.82, 2.24) is 5.32 Å². The molecule has 2 rings (SSSR count). The van der Waals surface area contributed by atoms with E-state index >= 15 is 0 Å². The lowest BCUT2D eigenvalue weighted by Crippen LogP contribution is -2.22. The molecule has 1 aromatic carbocycles. The van der Waals surface area contributed by atoms with Gasteiger partial charge in [0.05, 0.1) is 17.6 Å². The summed E-state index contributed by atoms with van der Waals surface area (Å²) in [5.74, 6) is 0.327. The summed E-state index contributed by atoms with van der Waals surface area (Å²) in [6, 6.07) is 3.98. The highest BCUT2D eigenvalue weighted by Gasteiger charge is 2.24. The van der Waals surface area contributed by atoms with Gasteiger partial charge in [0.25, 0.3) is 5.69 Å². The predicted molar refractivity (Wildman–Crippen MR) is 67.5 cm³/mol. The fraction of sp³-hybridized carbons (Fsp3) is 0.417. The molecule has 1 aromatic rings. The van der Waals surface area contributed by atoms with Crippen LogP contribution in [0.15, 0.2) is 18.2 Å². The zero-order chi connectivity index (χ0) is 14.7. The van der Waals surface area contributed by atoms with Gasteiger partial charge in [-0.3, -0.25) is 10.1 Å². The molecule has 1 amide bonds. The molecule has 0 aliphatic carbocycles.